The van der Waals surface area contributed by atoms with Crippen LogP contribution in [0.5, 0.6) is 0 Å². The van der Waals surface area contributed by atoms with Crippen LogP contribution in [0, 0.1) is 32.6 Å². The van der Waals surface area contributed by atoms with Gasteiger partial charge in [-0.1, -0.05) is 24.1 Å². The van der Waals surface area contributed by atoms with Crippen LogP contribution in [-0.2, 0) is 14.4 Å². The summed E-state index contributed by atoms with van der Waals surface area (Å²) in [4.78, 5) is 37.5. The number of amides is 2. The Balaban J connectivity index is 1.96. The zero-order valence-electron chi connectivity index (χ0n) is 16.0. The Bertz CT molecular complexity index is 691. The van der Waals surface area contributed by atoms with Gasteiger partial charge in [-0.15, -0.1) is 0 Å². The molecule has 6 heteroatoms. The molecule has 1 aromatic rings. The van der Waals surface area contributed by atoms with Crippen molar-refractivity contribution >= 4 is 23.5 Å². The number of hydrogen-bond acceptors (Lipinski definition) is 3. The van der Waals surface area contributed by atoms with Gasteiger partial charge in [0.25, 0.3) is 0 Å². The minimum absolute atomic E-state index is 0.0418. The van der Waals surface area contributed by atoms with E-state index in [1.807, 2.05) is 32.9 Å². The number of carboxylic acids is 1. The lowest BCUT2D eigenvalue weighted by Gasteiger charge is -2.29. The topological polar surface area (TPSA) is 86.7 Å². The molecule has 2 rings (SSSR count). The Morgan fingerprint density at radius 1 is 1.12 bits per heavy atom. The van der Waals surface area contributed by atoms with Gasteiger partial charge >= 0.3 is 5.97 Å². The van der Waals surface area contributed by atoms with E-state index in [4.69, 9.17) is 5.11 Å². The molecule has 1 fully saturated rings. The third-order valence-corrected chi connectivity index (χ3v) is 5.07. The van der Waals surface area contributed by atoms with Crippen molar-refractivity contribution in [1.29, 1.82) is 0 Å². The van der Waals surface area contributed by atoms with Crippen LogP contribution in [0.1, 0.15) is 42.4 Å². The third-order valence-electron chi connectivity index (χ3n) is 5.07. The van der Waals surface area contributed by atoms with Crippen LogP contribution in [0.4, 0.5) is 5.69 Å². The highest BCUT2D eigenvalue weighted by atomic mass is 16.4. The summed E-state index contributed by atoms with van der Waals surface area (Å²) in [6.45, 7) is 5.85. The van der Waals surface area contributed by atoms with E-state index in [9.17, 15) is 14.4 Å². The van der Waals surface area contributed by atoms with Crippen LogP contribution in [0.3, 0.4) is 0 Å². The molecule has 142 valence electrons. The van der Waals surface area contributed by atoms with Gasteiger partial charge < -0.3 is 15.3 Å². The molecule has 1 aliphatic rings. The zero-order valence-corrected chi connectivity index (χ0v) is 16.0. The average molecular weight is 360 g/mol. The molecule has 1 aromatic carbocycles. The second-order valence-corrected chi connectivity index (χ2v) is 7.41. The first kappa shape index (κ1) is 19.9. The summed E-state index contributed by atoms with van der Waals surface area (Å²) in [7, 11) is 1.60. The van der Waals surface area contributed by atoms with Crippen LogP contribution in [0.25, 0.3) is 0 Å². The maximum absolute atomic E-state index is 12.6. The number of carbonyl (C=O) groups is 3. The number of nitrogens with zero attached hydrogens (tertiary/aromatic N) is 1. The van der Waals surface area contributed by atoms with E-state index in [1.165, 1.54) is 4.90 Å². The SMILES string of the molecule is Cc1cc(C)c(NC(=O)CN(C)C(=O)C2CCCC(C(=O)O)C2)c(C)c1. The molecule has 0 aromatic heterocycles. The second-order valence-electron chi connectivity index (χ2n) is 7.41. The van der Waals surface area contributed by atoms with Crippen molar-refractivity contribution in [3.05, 3.63) is 28.8 Å². The highest BCUT2D eigenvalue weighted by molar-refractivity contribution is 5.96. The first-order valence-corrected chi connectivity index (χ1v) is 9.04. The number of carboxylic acid groups (broad SMARTS) is 1. The molecular weight excluding hydrogens is 332 g/mol. The Kier molecular flexibility index (Phi) is 6.40. The minimum Gasteiger partial charge on any atom is -0.481 e. The Morgan fingerprint density at radius 3 is 2.27 bits per heavy atom. The number of carbonyl (C=O) groups excluding carboxylic acids is 2. The maximum atomic E-state index is 12.6. The van der Waals surface area contributed by atoms with Crippen LogP contribution >= 0.6 is 0 Å². The van der Waals surface area contributed by atoms with Gasteiger partial charge in [0, 0.05) is 18.7 Å². The first-order valence-electron chi connectivity index (χ1n) is 9.04. The third kappa shape index (κ3) is 4.84. The minimum atomic E-state index is -0.840. The van der Waals surface area contributed by atoms with E-state index < -0.39 is 11.9 Å². The molecule has 0 spiro atoms. The molecule has 1 aliphatic carbocycles. The van der Waals surface area contributed by atoms with Crippen molar-refractivity contribution in [2.45, 2.75) is 46.5 Å². The largest absolute Gasteiger partial charge is 0.481 e. The van der Waals surface area contributed by atoms with Gasteiger partial charge in [-0.3, -0.25) is 14.4 Å². The van der Waals surface area contributed by atoms with Crippen molar-refractivity contribution in [2.75, 3.05) is 18.9 Å². The summed E-state index contributed by atoms with van der Waals surface area (Å²) in [5.74, 6) is -2.01. The fraction of sp³-hybridized carbons (Fsp3) is 0.550. The fourth-order valence-corrected chi connectivity index (χ4v) is 3.80. The molecule has 2 amide bonds. The summed E-state index contributed by atoms with van der Waals surface area (Å²) in [5.41, 5.74) is 3.89. The summed E-state index contributed by atoms with van der Waals surface area (Å²) in [6, 6.07) is 4.01. The summed E-state index contributed by atoms with van der Waals surface area (Å²) >= 11 is 0. The monoisotopic (exact) mass is 360 g/mol. The lowest BCUT2D eigenvalue weighted by Crippen LogP contribution is -2.40. The molecule has 2 N–H and O–H groups in total. The van der Waals surface area contributed by atoms with Crippen molar-refractivity contribution in [1.82, 2.24) is 4.90 Å². The molecule has 2 unspecified atom stereocenters. The molecule has 0 bridgehead atoms. The maximum Gasteiger partial charge on any atom is 0.306 e. The highest BCUT2D eigenvalue weighted by Gasteiger charge is 2.32. The van der Waals surface area contributed by atoms with Crippen molar-refractivity contribution in [3.63, 3.8) is 0 Å². The Morgan fingerprint density at radius 2 is 1.69 bits per heavy atom. The lowest BCUT2D eigenvalue weighted by molar-refractivity contribution is -0.145. The van der Waals surface area contributed by atoms with Crippen LogP contribution in [0.2, 0.25) is 0 Å². The van der Waals surface area contributed by atoms with Crippen LogP contribution < -0.4 is 5.32 Å². The van der Waals surface area contributed by atoms with Crippen molar-refractivity contribution < 1.29 is 19.5 Å². The van der Waals surface area contributed by atoms with E-state index in [1.54, 1.807) is 7.05 Å². The van der Waals surface area contributed by atoms with Gasteiger partial charge in [-0.2, -0.15) is 0 Å². The number of nitrogens with one attached hydrogen (secondary N) is 1. The Hall–Kier alpha value is -2.37. The van der Waals surface area contributed by atoms with E-state index >= 15 is 0 Å². The molecule has 0 saturated heterocycles. The van der Waals surface area contributed by atoms with Gasteiger partial charge in [0.1, 0.15) is 0 Å². The number of benzene rings is 1. The number of anilines is 1. The van der Waals surface area contributed by atoms with Gasteiger partial charge in [-0.25, -0.2) is 0 Å². The molecule has 2 atom stereocenters. The molecule has 0 radical (unpaired) electrons. The number of rotatable bonds is 5. The smallest absolute Gasteiger partial charge is 0.306 e. The molecule has 0 heterocycles. The number of likely N-dealkylation sites (N-methyl/N-ethyl adjacent to an activating group) is 1. The van der Waals surface area contributed by atoms with Gasteiger partial charge in [0.15, 0.2) is 0 Å². The molecule has 6 nitrogen and oxygen atoms in total. The molecular formula is C20H28N2O4. The highest BCUT2D eigenvalue weighted by Crippen LogP contribution is 2.30. The predicted octanol–water partition coefficient (Wildman–Crippen LogP) is 2.90. The van der Waals surface area contributed by atoms with Gasteiger partial charge in [-0.05, 0) is 51.2 Å². The molecule has 26 heavy (non-hydrogen) atoms. The standard InChI is InChI=1S/C20H28N2O4/c1-12-8-13(2)18(14(3)9-12)21-17(23)11-22(4)19(24)15-6-5-7-16(10-15)20(25)26/h8-9,15-16H,5-7,10-11H2,1-4H3,(H,21,23)(H,25,26). The van der Waals surface area contributed by atoms with Crippen LogP contribution in [0.15, 0.2) is 12.1 Å². The number of hydrogen-bond donors (Lipinski definition) is 2. The van der Waals surface area contributed by atoms with E-state index in [-0.39, 0.29) is 24.3 Å². The van der Waals surface area contributed by atoms with Crippen molar-refractivity contribution in [3.8, 4) is 0 Å². The average Bonchev–Trinajstić information content (AvgIpc) is 2.57. The molecule has 0 aliphatic heterocycles. The van der Waals surface area contributed by atoms with Crippen molar-refractivity contribution in [2.24, 2.45) is 11.8 Å². The Labute approximate surface area is 154 Å². The van der Waals surface area contributed by atoms with E-state index in [2.05, 4.69) is 5.32 Å². The second kappa shape index (κ2) is 8.34. The van der Waals surface area contributed by atoms with Crippen LogP contribution in [-0.4, -0.2) is 41.4 Å². The first-order chi connectivity index (χ1) is 12.2. The zero-order chi connectivity index (χ0) is 19.4. The van der Waals surface area contributed by atoms with E-state index in [0.29, 0.717) is 19.3 Å². The number of aliphatic carboxylic acids is 1. The number of aryl methyl sites for hydroxylation is 3. The summed E-state index contributed by atoms with van der Waals surface area (Å²) < 4.78 is 0. The van der Waals surface area contributed by atoms with Gasteiger partial charge in [0.05, 0.1) is 12.5 Å². The summed E-state index contributed by atoms with van der Waals surface area (Å²) in [6.07, 6.45) is 2.39. The normalized spacial score (nSPS) is 19.7. The van der Waals surface area contributed by atoms with E-state index in [0.717, 1.165) is 28.8 Å². The van der Waals surface area contributed by atoms with Gasteiger partial charge in [0.2, 0.25) is 11.8 Å². The lowest BCUT2D eigenvalue weighted by atomic mass is 9.81. The molecule has 1 saturated carbocycles. The fourth-order valence-electron chi connectivity index (χ4n) is 3.80. The predicted molar refractivity (Wildman–Crippen MR) is 100 cm³/mol. The summed E-state index contributed by atoms with van der Waals surface area (Å²) in [5, 5.41) is 12.1. The quantitative estimate of drug-likeness (QED) is 0.845.